The van der Waals surface area contributed by atoms with Gasteiger partial charge in [-0.05, 0) is 19.3 Å². The van der Waals surface area contributed by atoms with Crippen molar-refractivity contribution in [3.8, 4) is 0 Å². The second-order valence-electron chi connectivity index (χ2n) is 3.49. The fraction of sp³-hybridized carbons (Fsp3) is 0.769. The van der Waals surface area contributed by atoms with Crippen molar-refractivity contribution >= 4 is 5.97 Å². The number of carbonyl (C=O) groups is 1. The van der Waals surface area contributed by atoms with Crippen LogP contribution in [-0.4, -0.2) is 11.1 Å². The Morgan fingerprint density at radius 2 is 1.53 bits per heavy atom. The van der Waals surface area contributed by atoms with E-state index in [9.17, 15) is 4.79 Å². The van der Waals surface area contributed by atoms with Gasteiger partial charge < -0.3 is 5.11 Å². The van der Waals surface area contributed by atoms with Gasteiger partial charge in [0.05, 0.1) is 0 Å². The summed E-state index contributed by atoms with van der Waals surface area (Å²) in [4.78, 5) is 9.96. The normalized spacial score (nSPS) is 9.80. The van der Waals surface area contributed by atoms with Crippen LogP contribution in [0.15, 0.2) is 12.2 Å². The molecule has 0 aromatic carbocycles. The fourth-order valence-corrected chi connectivity index (χ4v) is 1.04. The molecule has 1 N–H and O–H groups in total. The number of hydrogen-bond acceptors (Lipinski definition) is 1. The first-order valence-electron chi connectivity index (χ1n) is 6.05. The van der Waals surface area contributed by atoms with Crippen molar-refractivity contribution in [2.45, 2.75) is 65.7 Å². The smallest absolute Gasteiger partial charge is 0.303 e. The maximum absolute atomic E-state index is 9.96. The topological polar surface area (TPSA) is 37.3 Å². The zero-order valence-electron chi connectivity index (χ0n) is 10.5. The second-order valence-corrected chi connectivity index (χ2v) is 3.49. The Balaban J connectivity index is 0. The summed E-state index contributed by atoms with van der Waals surface area (Å²) < 4.78 is 0. The van der Waals surface area contributed by atoms with E-state index in [1.54, 1.807) is 0 Å². The molecule has 0 unspecified atom stereocenters. The zero-order chi connectivity index (χ0) is 11.9. The predicted molar refractivity (Wildman–Crippen MR) is 66.1 cm³/mol. The third-order valence-electron chi connectivity index (χ3n) is 1.88. The molecule has 0 atom stereocenters. The van der Waals surface area contributed by atoms with E-state index in [-0.39, 0.29) is 0 Å². The first kappa shape index (κ1) is 16.6. The summed E-state index contributed by atoms with van der Waals surface area (Å²) >= 11 is 0. The molecular formula is C13H26O2. The van der Waals surface area contributed by atoms with Gasteiger partial charge in [0.25, 0.3) is 0 Å². The van der Waals surface area contributed by atoms with Gasteiger partial charge in [-0.15, -0.1) is 0 Å². The largest absolute Gasteiger partial charge is 0.481 e. The van der Waals surface area contributed by atoms with Crippen LogP contribution in [0, 0.1) is 0 Å². The molecule has 0 aromatic rings. The van der Waals surface area contributed by atoms with Crippen LogP contribution in [-0.2, 0) is 4.79 Å². The van der Waals surface area contributed by atoms with Crippen LogP contribution < -0.4 is 0 Å². The quantitative estimate of drug-likeness (QED) is 0.503. The predicted octanol–water partition coefficient (Wildman–Crippen LogP) is 4.40. The average Bonchev–Trinajstić information content (AvgIpc) is 2.22. The van der Waals surface area contributed by atoms with Crippen LogP contribution in [0.25, 0.3) is 0 Å². The molecule has 15 heavy (non-hydrogen) atoms. The number of aliphatic carboxylic acids is 1. The highest BCUT2D eigenvalue weighted by Crippen LogP contribution is 2.01. The van der Waals surface area contributed by atoms with Crippen LogP contribution >= 0.6 is 0 Å². The highest BCUT2D eigenvalue weighted by molar-refractivity contribution is 5.66. The monoisotopic (exact) mass is 214 g/mol. The standard InChI is InChI=1S/C7H14O2.C6H12/c1-2-3-4-5-6-7(8)9;1-3-5-6-4-2/h2-6H2,1H3,(H,8,9);5-6H,3-4H2,1-2H3/b;6-5-. The van der Waals surface area contributed by atoms with E-state index in [2.05, 4.69) is 32.9 Å². The summed E-state index contributed by atoms with van der Waals surface area (Å²) in [5, 5.41) is 8.21. The molecule has 2 nitrogen and oxygen atoms in total. The Labute approximate surface area is 94.4 Å². The highest BCUT2D eigenvalue weighted by Gasteiger charge is 1.93. The lowest BCUT2D eigenvalue weighted by Crippen LogP contribution is -1.92. The first-order chi connectivity index (χ1) is 7.18. The fourth-order valence-electron chi connectivity index (χ4n) is 1.04. The van der Waals surface area contributed by atoms with Crippen LogP contribution in [0.1, 0.15) is 65.7 Å². The lowest BCUT2D eigenvalue weighted by atomic mass is 10.2. The van der Waals surface area contributed by atoms with Crippen LogP contribution in [0.3, 0.4) is 0 Å². The molecule has 0 bridgehead atoms. The van der Waals surface area contributed by atoms with E-state index in [1.807, 2.05) is 0 Å². The molecule has 0 aliphatic heterocycles. The molecule has 0 heterocycles. The zero-order valence-corrected chi connectivity index (χ0v) is 10.5. The van der Waals surface area contributed by atoms with Crippen molar-refractivity contribution < 1.29 is 9.90 Å². The number of carboxylic acid groups (broad SMARTS) is 1. The molecule has 0 saturated heterocycles. The van der Waals surface area contributed by atoms with Gasteiger partial charge in [0, 0.05) is 6.42 Å². The minimum atomic E-state index is -0.675. The van der Waals surface area contributed by atoms with E-state index in [0.717, 1.165) is 19.3 Å². The SMILES string of the molecule is CC/C=C\CC.CCCCCCC(=O)O. The van der Waals surface area contributed by atoms with Gasteiger partial charge in [0.15, 0.2) is 0 Å². The Hall–Kier alpha value is -0.790. The molecule has 2 heteroatoms. The molecule has 0 spiro atoms. The number of carboxylic acids is 1. The lowest BCUT2D eigenvalue weighted by Gasteiger charge is -1.92. The van der Waals surface area contributed by atoms with Crippen molar-refractivity contribution in [3.05, 3.63) is 12.2 Å². The maximum Gasteiger partial charge on any atom is 0.303 e. The van der Waals surface area contributed by atoms with Crippen LogP contribution in [0.2, 0.25) is 0 Å². The Morgan fingerprint density at radius 1 is 1.00 bits per heavy atom. The number of hydrogen-bond donors (Lipinski definition) is 1. The Bertz CT molecular complexity index is 145. The summed E-state index contributed by atoms with van der Waals surface area (Å²) in [6.07, 6.45) is 11.3. The van der Waals surface area contributed by atoms with Gasteiger partial charge in [0.1, 0.15) is 0 Å². The Kier molecular flexibility index (Phi) is 17.4. The summed E-state index contributed by atoms with van der Waals surface area (Å²) in [5.41, 5.74) is 0. The van der Waals surface area contributed by atoms with E-state index >= 15 is 0 Å². The molecule has 0 amide bonds. The molecule has 0 aliphatic carbocycles. The first-order valence-corrected chi connectivity index (χ1v) is 6.05. The van der Waals surface area contributed by atoms with Gasteiger partial charge in [-0.25, -0.2) is 0 Å². The maximum atomic E-state index is 9.96. The summed E-state index contributed by atoms with van der Waals surface area (Å²) in [7, 11) is 0. The molecule has 0 aliphatic rings. The third-order valence-corrected chi connectivity index (χ3v) is 1.88. The molecule has 0 rings (SSSR count). The van der Waals surface area contributed by atoms with Crippen LogP contribution in [0.4, 0.5) is 0 Å². The summed E-state index contributed by atoms with van der Waals surface area (Å²) in [6.45, 7) is 6.40. The van der Waals surface area contributed by atoms with Gasteiger partial charge >= 0.3 is 5.97 Å². The van der Waals surface area contributed by atoms with Crippen molar-refractivity contribution in [2.75, 3.05) is 0 Å². The minimum absolute atomic E-state index is 0.333. The van der Waals surface area contributed by atoms with E-state index in [1.165, 1.54) is 19.3 Å². The highest BCUT2D eigenvalue weighted by atomic mass is 16.4. The minimum Gasteiger partial charge on any atom is -0.481 e. The summed E-state index contributed by atoms with van der Waals surface area (Å²) in [6, 6.07) is 0. The summed E-state index contributed by atoms with van der Waals surface area (Å²) in [5.74, 6) is -0.675. The molecule has 0 aromatic heterocycles. The van der Waals surface area contributed by atoms with Crippen molar-refractivity contribution in [3.63, 3.8) is 0 Å². The van der Waals surface area contributed by atoms with Crippen molar-refractivity contribution in [1.82, 2.24) is 0 Å². The lowest BCUT2D eigenvalue weighted by molar-refractivity contribution is -0.137. The van der Waals surface area contributed by atoms with Gasteiger partial charge in [0.2, 0.25) is 0 Å². The number of allylic oxidation sites excluding steroid dienone is 2. The van der Waals surface area contributed by atoms with Gasteiger partial charge in [-0.1, -0.05) is 52.2 Å². The van der Waals surface area contributed by atoms with Gasteiger partial charge in [-0.2, -0.15) is 0 Å². The third kappa shape index (κ3) is 24.6. The van der Waals surface area contributed by atoms with E-state index in [0.29, 0.717) is 6.42 Å². The molecule has 0 radical (unpaired) electrons. The van der Waals surface area contributed by atoms with E-state index in [4.69, 9.17) is 5.11 Å². The molecule has 90 valence electrons. The molecular weight excluding hydrogens is 188 g/mol. The van der Waals surface area contributed by atoms with Crippen molar-refractivity contribution in [2.24, 2.45) is 0 Å². The molecule has 0 saturated carbocycles. The second kappa shape index (κ2) is 15.7. The number of rotatable bonds is 7. The Morgan fingerprint density at radius 3 is 1.87 bits per heavy atom. The van der Waals surface area contributed by atoms with Crippen LogP contribution in [0.5, 0.6) is 0 Å². The van der Waals surface area contributed by atoms with E-state index < -0.39 is 5.97 Å². The van der Waals surface area contributed by atoms with Gasteiger partial charge in [-0.3, -0.25) is 4.79 Å². The number of unbranched alkanes of at least 4 members (excludes halogenated alkanes) is 3. The average molecular weight is 214 g/mol. The molecule has 0 fully saturated rings. The van der Waals surface area contributed by atoms with Crippen molar-refractivity contribution in [1.29, 1.82) is 0 Å².